The predicted octanol–water partition coefficient (Wildman–Crippen LogP) is -6.40. The second-order valence-electron chi connectivity index (χ2n) is 16.0. The van der Waals surface area contributed by atoms with Crippen molar-refractivity contribution >= 4 is 75.3 Å². The number of rotatable bonds is 24. The fourth-order valence-corrected chi connectivity index (χ4v) is 7.55. The minimum absolute atomic E-state index is 0.00812. The van der Waals surface area contributed by atoms with Gasteiger partial charge in [0, 0.05) is 114 Å². The van der Waals surface area contributed by atoms with Crippen molar-refractivity contribution in [3.63, 3.8) is 0 Å². The first-order valence-electron chi connectivity index (χ1n) is 21.7. The zero-order valence-electron chi connectivity index (χ0n) is 37.0. The third-order valence-electron chi connectivity index (χ3n) is 11.1. The number of fused-ring (bicyclic) bond motifs is 2. The lowest BCUT2D eigenvalue weighted by atomic mass is 10.1. The predicted molar refractivity (Wildman–Crippen MR) is 231 cm³/mol. The second kappa shape index (κ2) is 26.4. The molecule has 0 spiro atoms. The molecule has 370 valence electrons. The topological polar surface area (TPSA) is 374 Å². The molecular weight excluding hydrogens is 897 g/mol. The standard InChI is InChI=1S/C44H58N8O16/c53-35(45-30(42(63)64)9-12-38(56)57)25-49-17-15-48(23-24-52-33-7-3-1-5-28(33)41(62)29-6-2-4-8-34(29)52)16-18-50(26-36(54)46-31(43(65)66)10-13-39(58)59)20-22-51(21-19-49)27-37(55)47-32(44(67)68)11-14-40(60)61/h1-8,30-32H,9-27H2,(H,45,53)(H,46,54)(H,47,55)(H,56,57)(H,58,59)(H,60,61)(H,63,64)(H,65,66)(H,67,68)/p-6/t30-,31-,32-/m0/s1. The Morgan fingerprint density at radius 1 is 0.471 bits per heavy atom. The highest BCUT2D eigenvalue weighted by atomic mass is 16.4. The first kappa shape index (κ1) is 53.6. The van der Waals surface area contributed by atoms with E-state index in [0.29, 0.717) is 34.9 Å². The zero-order valence-corrected chi connectivity index (χ0v) is 37.0. The number of carbonyl (C=O) groups is 6. The number of nitrogens with zero attached hydrogens (tertiary/aromatic N) is 8. The summed E-state index contributed by atoms with van der Waals surface area (Å²) in [5.41, 5.74) is 1.19. The van der Waals surface area contributed by atoms with Crippen LogP contribution >= 0.6 is 0 Å². The number of aliphatic imine (C=N–C) groups is 3. The monoisotopic (exact) mass is 948 g/mol. The third kappa shape index (κ3) is 17.3. The van der Waals surface area contributed by atoms with Gasteiger partial charge in [-0.2, -0.15) is 0 Å². The Balaban J connectivity index is 1.72. The Kier molecular flexibility index (Phi) is 20.8. The van der Waals surface area contributed by atoms with Crippen molar-refractivity contribution in [2.45, 2.75) is 63.2 Å². The van der Waals surface area contributed by atoms with Crippen LogP contribution in [0.3, 0.4) is 0 Å². The molecular formula is C44H52N8O16-6. The number of aromatic nitrogens is 1. The van der Waals surface area contributed by atoms with Gasteiger partial charge in [0.25, 0.3) is 0 Å². The lowest BCUT2D eigenvalue weighted by Gasteiger charge is -2.36. The summed E-state index contributed by atoms with van der Waals surface area (Å²) in [7, 11) is 0. The van der Waals surface area contributed by atoms with Crippen LogP contribution in [0.25, 0.3) is 21.8 Å². The van der Waals surface area contributed by atoms with Crippen LogP contribution in [0.4, 0.5) is 0 Å². The van der Waals surface area contributed by atoms with E-state index in [0.717, 1.165) is 0 Å². The maximum absolute atomic E-state index is 13.5. The molecule has 0 aliphatic carbocycles. The Hall–Kier alpha value is -7.02. The van der Waals surface area contributed by atoms with E-state index in [1.54, 1.807) is 46.2 Å². The zero-order chi connectivity index (χ0) is 49.9. The number of para-hydroxylation sites is 2. The van der Waals surface area contributed by atoms with Gasteiger partial charge in [0.1, 0.15) is 18.1 Å². The van der Waals surface area contributed by atoms with Crippen molar-refractivity contribution in [1.29, 1.82) is 0 Å². The van der Waals surface area contributed by atoms with E-state index in [1.165, 1.54) is 4.90 Å². The van der Waals surface area contributed by atoms with E-state index >= 15 is 0 Å². The lowest BCUT2D eigenvalue weighted by molar-refractivity contribution is -0.307. The fraction of sp³-hybridized carbons (Fsp3) is 0.500. The van der Waals surface area contributed by atoms with Crippen molar-refractivity contribution in [1.82, 2.24) is 24.2 Å². The Bertz CT molecular complexity index is 2290. The van der Waals surface area contributed by atoms with Crippen LogP contribution < -0.4 is 36.1 Å². The van der Waals surface area contributed by atoms with E-state index in [-0.39, 0.29) is 57.8 Å². The molecule has 68 heavy (non-hydrogen) atoms. The molecule has 24 heteroatoms. The van der Waals surface area contributed by atoms with Crippen molar-refractivity contribution in [3.8, 4) is 0 Å². The molecule has 1 aromatic heterocycles. The quantitative estimate of drug-likeness (QED) is 0.0427. The van der Waals surface area contributed by atoms with Crippen LogP contribution in [-0.4, -0.2) is 190 Å². The SMILES string of the molecule is O=C([O-])CC[C@H](N=C([O-])CN1CCN(CCn2c3ccccc3c(=O)c3ccccc32)CCN(CC([O-])=N[C@@H](CCC(=O)[O-])C(=O)O)CCN(CC([O-])=N[C@@H](CCC(=O)[O-])C(=O)O)CC1)C(=O)O. The molecule has 4 rings (SSSR count). The van der Waals surface area contributed by atoms with E-state index in [2.05, 4.69) is 15.0 Å². The molecule has 3 atom stereocenters. The summed E-state index contributed by atoms with van der Waals surface area (Å²) in [5.74, 6) is -11.9. The molecule has 3 N–H and O–H groups in total. The van der Waals surface area contributed by atoms with Crippen molar-refractivity contribution in [2.24, 2.45) is 15.0 Å². The second-order valence-corrected chi connectivity index (χ2v) is 16.0. The molecule has 1 fully saturated rings. The molecule has 0 saturated carbocycles. The minimum atomic E-state index is -1.71. The third-order valence-corrected chi connectivity index (χ3v) is 11.1. The minimum Gasteiger partial charge on any atom is -0.861 e. The molecule has 1 aliphatic heterocycles. The van der Waals surface area contributed by atoms with Gasteiger partial charge >= 0.3 is 17.9 Å². The van der Waals surface area contributed by atoms with Crippen LogP contribution in [0.5, 0.6) is 0 Å². The molecule has 3 aromatic rings. The van der Waals surface area contributed by atoms with Gasteiger partial charge in [-0.15, -0.1) is 0 Å². The Labute approximate surface area is 389 Å². The summed E-state index contributed by atoms with van der Waals surface area (Å²) in [6, 6.07) is 9.14. The number of carbonyl (C=O) groups excluding carboxylic acids is 3. The van der Waals surface area contributed by atoms with Crippen LogP contribution in [0.2, 0.25) is 0 Å². The van der Waals surface area contributed by atoms with E-state index < -0.39 is 130 Å². The molecule has 0 amide bonds. The van der Waals surface area contributed by atoms with Gasteiger partial charge in [-0.25, -0.2) is 14.4 Å². The van der Waals surface area contributed by atoms with Crippen LogP contribution in [0, 0.1) is 0 Å². The molecule has 1 aliphatic rings. The average molecular weight is 949 g/mol. The largest absolute Gasteiger partial charge is 0.861 e. The fourth-order valence-electron chi connectivity index (χ4n) is 7.55. The van der Waals surface area contributed by atoms with Gasteiger partial charge in [0.15, 0.2) is 5.43 Å². The summed E-state index contributed by atoms with van der Waals surface area (Å²) >= 11 is 0. The summed E-state index contributed by atoms with van der Waals surface area (Å²) < 4.78 is 1.99. The van der Waals surface area contributed by atoms with Crippen LogP contribution in [0.15, 0.2) is 68.3 Å². The van der Waals surface area contributed by atoms with E-state index in [4.69, 9.17) is 0 Å². The summed E-state index contributed by atoms with van der Waals surface area (Å²) in [6.07, 6.45) is -3.58. The first-order chi connectivity index (χ1) is 32.3. The van der Waals surface area contributed by atoms with Crippen LogP contribution in [-0.2, 0) is 35.3 Å². The van der Waals surface area contributed by atoms with Gasteiger partial charge in [0.05, 0.1) is 11.0 Å². The van der Waals surface area contributed by atoms with Crippen LogP contribution in [0.1, 0.15) is 38.5 Å². The summed E-state index contributed by atoms with van der Waals surface area (Å²) in [6.45, 7) is -0.0969. The van der Waals surface area contributed by atoms with Crippen molar-refractivity contribution in [2.75, 3.05) is 78.5 Å². The maximum atomic E-state index is 13.5. The van der Waals surface area contributed by atoms with Gasteiger partial charge in [0.2, 0.25) is 0 Å². The molecule has 0 radical (unpaired) electrons. The molecule has 2 heterocycles. The number of hydrogen-bond acceptors (Lipinski definition) is 20. The number of carboxylic acids is 6. The van der Waals surface area contributed by atoms with Gasteiger partial charge in [-0.3, -0.25) is 39.4 Å². The highest BCUT2D eigenvalue weighted by Gasteiger charge is 2.22. The van der Waals surface area contributed by atoms with Gasteiger partial charge < -0.3 is 64.9 Å². The Morgan fingerprint density at radius 3 is 1.06 bits per heavy atom. The molecule has 0 unspecified atom stereocenters. The molecule has 1 saturated heterocycles. The maximum Gasteiger partial charge on any atom is 0.328 e. The average Bonchev–Trinajstić information content (AvgIpc) is 3.27. The Morgan fingerprint density at radius 2 is 0.765 bits per heavy atom. The van der Waals surface area contributed by atoms with Crippen molar-refractivity contribution < 1.29 is 74.7 Å². The number of aliphatic carboxylic acids is 6. The number of pyridine rings is 1. The number of hydrogen-bond donors (Lipinski definition) is 3. The van der Waals surface area contributed by atoms with Crippen molar-refractivity contribution in [3.05, 3.63) is 58.8 Å². The molecule has 24 nitrogen and oxygen atoms in total. The number of benzene rings is 2. The highest BCUT2D eigenvalue weighted by molar-refractivity contribution is 5.93. The van der Waals surface area contributed by atoms with E-state index in [9.17, 15) is 79.5 Å². The van der Waals surface area contributed by atoms with Gasteiger partial charge in [-0.05, 0) is 80.5 Å². The summed E-state index contributed by atoms with van der Waals surface area (Å²) in [4.78, 5) is 100. The smallest absolute Gasteiger partial charge is 0.328 e. The lowest BCUT2D eigenvalue weighted by Crippen LogP contribution is -2.51. The van der Waals surface area contributed by atoms with Gasteiger partial charge in [-0.1, -0.05) is 24.3 Å². The highest BCUT2D eigenvalue weighted by Crippen LogP contribution is 2.19. The normalized spacial score (nSPS) is 17.2. The molecule has 0 bridgehead atoms. The summed E-state index contributed by atoms with van der Waals surface area (Å²) in [5, 5.41) is 103. The molecule has 2 aromatic carbocycles. The first-order valence-corrected chi connectivity index (χ1v) is 21.7. The van der Waals surface area contributed by atoms with E-state index in [1.807, 2.05) is 21.6 Å². The number of carboxylic acid groups (broad SMARTS) is 6.